The molecule has 0 aromatic heterocycles. The molecule has 2 aromatic rings. The molecule has 2 rings (SSSR count). The molecule has 1 N–H and O–H groups in total. The highest BCUT2D eigenvalue weighted by atomic mass is 32.2. The predicted octanol–water partition coefficient (Wildman–Crippen LogP) is 3.77. The molecule has 0 aliphatic carbocycles. The van der Waals surface area contributed by atoms with E-state index in [2.05, 4.69) is 6.07 Å². The molecule has 0 bridgehead atoms. The van der Waals surface area contributed by atoms with E-state index in [1.165, 1.54) is 11.8 Å². The first-order chi connectivity index (χ1) is 9.63. The Morgan fingerprint density at radius 1 is 1.25 bits per heavy atom. The van der Waals surface area contributed by atoms with Crippen LogP contribution in [-0.2, 0) is 0 Å². The Kier molecular flexibility index (Phi) is 4.67. The van der Waals surface area contributed by atoms with Crippen LogP contribution < -0.4 is 4.74 Å². The van der Waals surface area contributed by atoms with Crippen LogP contribution in [0.15, 0.2) is 52.3 Å². The molecule has 0 fully saturated rings. The number of aliphatic hydroxyl groups is 1. The monoisotopic (exact) mass is 285 g/mol. The predicted molar refractivity (Wildman–Crippen MR) is 78.9 cm³/mol. The van der Waals surface area contributed by atoms with E-state index in [1.54, 1.807) is 32.2 Å². The summed E-state index contributed by atoms with van der Waals surface area (Å²) >= 11 is 1.51. The second-order valence-corrected chi connectivity index (χ2v) is 5.44. The Morgan fingerprint density at radius 3 is 2.70 bits per heavy atom. The van der Waals surface area contributed by atoms with E-state index in [1.807, 2.05) is 24.3 Å². The summed E-state index contributed by atoms with van der Waals surface area (Å²) in [6.45, 7) is 1.72. The molecule has 1 atom stereocenters. The van der Waals surface area contributed by atoms with Gasteiger partial charge in [0.15, 0.2) is 0 Å². The largest absolute Gasteiger partial charge is 0.497 e. The van der Waals surface area contributed by atoms with Crippen LogP contribution in [0.2, 0.25) is 0 Å². The highest BCUT2D eigenvalue weighted by Crippen LogP contribution is 2.35. The SMILES string of the molecule is COc1cccc(Sc2cc(C#N)ccc2[C@H](C)O)c1. The Balaban J connectivity index is 2.38. The van der Waals surface area contributed by atoms with Gasteiger partial charge in [0.25, 0.3) is 0 Å². The molecular weight excluding hydrogens is 270 g/mol. The minimum atomic E-state index is -0.573. The van der Waals surface area contributed by atoms with Gasteiger partial charge in [0.1, 0.15) is 5.75 Å². The number of hydrogen-bond acceptors (Lipinski definition) is 4. The van der Waals surface area contributed by atoms with E-state index in [9.17, 15) is 5.11 Å². The Labute approximate surface area is 122 Å². The van der Waals surface area contributed by atoms with Gasteiger partial charge >= 0.3 is 0 Å². The van der Waals surface area contributed by atoms with Gasteiger partial charge in [-0.25, -0.2) is 0 Å². The van der Waals surface area contributed by atoms with Crippen molar-refractivity contribution < 1.29 is 9.84 Å². The number of benzene rings is 2. The second-order valence-electron chi connectivity index (χ2n) is 4.32. The number of aliphatic hydroxyl groups excluding tert-OH is 1. The number of methoxy groups -OCH3 is 1. The maximum Gasteiger partial charge on any atom is 0.119 e. The van der Waals surface area contributed by atoms with Crippen LogP contribution in [0.5, 0.6) is 5.75 Å². The fourth-order valence-corrected chi connectivity index (χ4v) is 2.95. The van der Waals surface area contributed by atoms with Crippen LogP contribution >= 0.6 is 11.8 Å². The Hall–Kier alpha value is -1.96. The quantitative estimate of drug-likeness (QED) is 0.929. The highest BCUT2D eigenvalue weighted by molar-refractivity contribution is 7.99. The fourth-order valence-electron chi connectivity index (χ4n) is 1.83. The zero-order valence-corrected chi connectivity index (χ0v) is 12.1. The van der Waals surface area contributed by atoms with E-state index < -0.39 is 6.10 Å². The van der Waals surface area contributed by atoms with E-state index in [4.69, 9.17) is 10.00 Å². The van der Waals surface area contributed by atoms with Gasteiger partial charge in [-0.15, -0.1) is 0 Å². The summed E-state index contributed by atoms with van der Waals surface area (Å²) in [4.78, 5) is 1.88. The van der Waals surface area contributed by atoms with E-state index >= 15 is 0 Å². The second kappa shape index (κ2) is 6.47. The van der Waals surface area contributed by atoms with Crippen molar-refractivity contribution >= 4 is 11.8 Å². The van der Waals surface area contributed by atoms with Gasteiger partial charge in [-0.1, -0.05) is 23.9 Å². The number of rotatable bonds is 4. The van der Waals surface area contributed by atoms with Gasteiger partial charge in [0.05, 0.1) is 24.8 Å². The molecule has 0 saturated carbocycles. The van der Waals surface area contributed by atoms with Crippen LogP contribution in [0.25, 0.3) is 0 Å². The molecule has 0 saturated heterocycles. The third kappa shape index (κ3) is 3.32. The van der Waals surface area contributed by atoms with Crippen LogP contribution in [0.4, 0.5) is 0 Å². The normalized spacial score (nSPS) is 11.7. The van der Waals surface area contributed by atoms with Gasteiger partial charge in [-0.2, -0.15) is 5.26 Å². The lowest BCUT2D eigenvalue weighted by atomic mass is 10.1. The average molecular weight is 285 g/mol. The smallest absolute Gasteiger partial charge is 0.119 e. The van der Waals surface area contributed by atoms with Crippen LogP contribution in [0.3, 0.4) is 0 Å². The summed E-state index contributed by atoms with van der Waals surface area (Å²) < 4.78 is 5.20. The topological polar surface area (TPSA) is 53.2 Å². The highest BCUT2D eigenvalue weighted by Gasteiger charge is 2.11. The number of nitrogens with zero attached hydrogens (tertiary/aromatic N) is 1. The number of hydrogen-bond donors (Lipinski definition) is 1. The Morgan fingerprint density at radius 2 is 2.05 bits per heavy atom. The molecule has 2 aromatic carbocycles. The number of nitriles is 1. The first-order valence-electron chi connectivity index (χ1n) is 6.18. The molecule has 0 radical (unpaired) electrons. The number of ether oxygens (including phenoxy) is 1. The maximum atomic E-state index is 9.83. The molecule has 0 heterocycles. The van der Waals surface area contributed by atoms with Crippen molar-refractivity contribution in [3.8, 4) is 11.8 Å². The van der Waals surface area contributed by atoms with Gasteiger partial charge in [-0.3, -0.25) is 0 Å². The minimum Gasteiger partial charge on any atom is -0.497 e. The molecular formula is C16H15NO2S. The van der Waals surface area contributed by atoms with Gasteiger partial charge < -0.3 is 9.84 Å². The van der Waals surface area contributed by atoms with Gasteiger partial charge in [-0.05, 0) is 42.8 Å². The van der Waals surface area contributed by atoms with Gasteiger partial charge in [0.2, 0.25) is 0 Å². The molecule has 0 aliphatic rings. The van der Waals surface area contributed by atoms with E-state index in [0.29, 0.717) is 5.56 Å². The van der Waals surface area contributed by atoms with Crippen LogP contribution in [0, 0.1) is 11.3 Å². The molecule has 0 spiro atoms. The first-order valence-corrected chi connectivity index (χ1v) is 6.99. The molecule has 4 heteroatoms. The van der Waals surface area contributed by atoms with E-state index in [-0.39, 0.29) is 0 Å². The average Bonchev–Trinajstić information content (AvgIpc) is 2.47. The summed E-state index contributed by atoms with van der Waals surface area (Å²) in [5.74, 6) is 0.782. The molecule has 0 amide bonds. The van der Waals surface area contributed by atoms with Crippen molar-refractivity contribution in [2.75, 3.05) is 7.11 Å². The molecule has 102 valence electrons. The van der Waals surface area contributed by atoms with Crippen LogP contribution in [0.1, 0.15) is 24.2 Å². The minimum absolute atomic E-state index is 0.573. The summed E-state index contributed by atoms with van der Waals surface area (Å²) in [6, 6.07) is 15.1. The first kappa shape index (κ1) is 14.4. The van der Waals surface area contributed by atoms with Crippen molar-refractivity contribution in [2.24, 2.45) is 0 Å². The standard InChI is InChI=1S/C16H15NO2S/c1-11(18)15-7-6-12(10-17)8-16(15)20-14-5-3-4-13(9-14)19-2/h3-9,11,18H,1-2H3/t11-/m0/s1. The lowest BCUT2D eigenvalue weighted by molar-refractivity contribution is 0.196. The summed E-state index contributed by atoms with van der Waals surface area (Å²) in [5, 5.41) is 18.8. The summed E-state index contributed by atoms with van der Waals surface area (Å²) in [5.41, 5.74) is 1.40. The zero-order chi connectivity index (χ0) is 14.5. The van der Waals surface area contributed by atoms with Crippen molar-refractivity contribution in [3.63, 3.8) is 0 Å². The summed E-state index contributed by atoms with van der Waals surface area (Å²) in [6.07, 6.45) is -0.573. The molecule has 0 aliphatic heterocycles. The maximum absolute atomic E-state index is 9.83. The lowest BCUT2D eigenvalue weighted by Crippen LogP contribution is -1.95. The molecule has 0 unspecified atom stereocenters. The zero-order valence-electron chi connectivity index (χ0n) is 11.3. The van der Waals surface area contributed by atoms with E-state index in [0.717, 1.165) is 21.1 Å². The lowest BCUT2D eigenvalue weighted by Gasteiger charge is -2.12. The third-order valence-corrected chi connectivity index (χ3v) is 3.92. The van der Waals surface area contributed by atoms with Crippen LogP contribution in [-0.4, -0.2) is 12.2 Å². The van der Waals surface area contributed by atoms with Crippen molar-refractivity contribution in [1.82, 2.24) is 0 Å². The van der Waals surface area contributed by atoms with Crippen molar-refractivity contribution in [2.45, 2.75) is 22.8 Å². The summed E-state index contributed by atoms with van der Waals surface area (Å²) in [7, 11) is 1.63. The molecule has 20 heavy (non-hydrogen) atoms. The third-order valence-electron chi connectivity index (χ3n) is 2.86. The fraction of sp³-hybridized carbons (Fsp3) is 0.188. The van der Waals surface area contributed by atoms with Crippen molar-refractivity contribution in [3.05, 3.63) is 53.6 Å². The van der Waals surface area contributed by atoms with Gasteiger partial charge in [0, 0.05) is 9.79 Å². The Bertz CT molecular complexity index is 647. The molecule has 3 nitrogen and oxygen atoms in total. The van der Waals surface area contributed by atoms with Crippen molar-refractivity contribution in [1.29, 1.82) is 5.26 Å².